The molecule has 0 aliphatic heterocycles. The molecule has 3 nitrogen and oxygen atoms in total. The zero-order valence-corrected chi connectivity index (χ0v) is 11.7. The van der Waals surface area contributed by atoms with Crippen LogP contribution in [-0.4, -0.2) is 29.0 Å². The van der Waals surface area contributed by atoms with Crippen LogP contribution in [0.4, 0.5) is 5.82 Å². The molecule has 3 heteroatoms. The standard InChI is InChI=1S/C14H25N3/c1-6-14(3,4)17(5)11-12-8-9-13(15-7-2)16-10-12/h8-10H,6-7,11H2,1-5H3,(H,15,16). The van der Waals surface area contributed by atoms with Crippen molar-refractivity contribution in [1.82, 2.24) is 9.88 Å². The molecule has 0 atom stereocenters. The van der Waals surface area contributed by atoms with Gasteiger partial charge in [-0.05, 0) is 45.9 Å². The number of nitrogens with zero attached hydrogens (tertiary/aromatic N) is 2. The zero-order valence-electron chi connectivity index (χ0n) is 11.7. The first kappa shape index (κ1) is 14.0. The molecule has 0 fully saturated rings. The Morgan fingerprint density at radius 3 is 2.47 bits per heavy atom. The minimum absolute atomic E-state index is 0.236. The van der Waals surface area contributed by atoms with Gasteiger partial charge < -0.3 is 5.32 Å². The highest BCUT2D eigenvalue weighted by atomic mass is 15.2. The van der Waals surface area contributed by atoms with Gasteiger partial charge in [0, 0.05) is 24.8 Å². The van der Waals surface area contributed by atoms with Gasteiger partial charge in [-0.15, -0.1) is 0 Å². The van der Waals surface area contributed by atoms with Gasteiger partial charge in [0.2, 0.25) is 0 Å². The van der Waals surface area contributed by atoms with Crippen LogP contribution < -0.4 is 5.32 Å². The second-order valence-electron chi connectivity index (χ2n) is 5.10. The molecule has 0 saturated carbocycles. The SMILES string of the molecule is CCNc1ccc(CN(C)C(C)(C)CC)cn1. The highest BCUT2D eigenvalue weighted by Crippen LogP contribution is 2.19. The monoisotopic (exact) mass is 235 g/mol. The third kappa shape index (κ3) is 4.00. The molecular weight excluding hydrogens is 210 g/mol. The summed E-state index contributed by atoms with van der Waals surface area (Å²) in [6.07, 6.45) is 3.10. The molecule has 0 bridgehead atoms. The summed E-state index contributed by atoms with van der Waals surface area (Å²) in [6, 6.07) is 4.19. The van der Waals surface area contributed by atoms with Crippen LogP contribution in [0.25, 0.3) is 0 Å². The van der Waals surface area contributed by atoms with Gasteiger partial charge in [-0.2, -0.15) is 0 Å². The van der Waals surface area contributed by atoms with Crippen LogP contribution in [0, 0.1) is 0 Å². The molecule has 0 amide bonds. The molecule has 1 rings (SSSR count). The first-order valence-corrected chi connectivity index (χ1v) is 6.39. The average Bonchev–Trinajstić information content (AvgIpc) is 2.32. The van der Waals surface area contributed by atoms with Crippen LogP contribution in [0.15, 0.2) is 18.3 Å². The Morgan fingerprint density at radius 2 is 2.00 bits per heavy atom. The fourth-order valence-electron chi connectivity index (χ4n) is 1.56. The van der Waals surface area contributed by atoms with Crippen LogP contribution in [-0.2, 0) is 6.54 Å². The van der Waals surface area contributed by atoms with E-state index < -0.39 is 0 Å². The van der Waals surface area contributed by atoms with Gasteiger partial charge in [-0.25, -0.2) is 4.98 Å². The van der Waals surface area contributed by atoms with E-state index in [1.807, 2.05) is 12.3 Å². The highest BCUT2D eigenvalue weighted by Gasteiger charge is 2.20. The molecule has 1 aromatic heterocycles. The summed E-state index contributed by atoms with van der Waals surface area (Å²) in [7, 11) is 2.17. The summed E-state index contributed by atoms with van der Waals surface area (Å²) in [6.45, 7) is 10.7. The number of hydrogen-bond donors (Lipinski definition) is 1. The Kier molecular flexibility index (Phi) is 4.94. The minimum atomic E-state index is 0.236. The van der Waals surface area contributed by atoms with Gasteiger partial charge in [0.25, 0.3) is 0 Å². The Labute approximate surface area is 105 Å². The smallest absolute Gasteiger partial charge is 0.125 e. The van der Waals surface area contributed by atoms with Crippen molar-refractivity contribution in [2.24, 2.45) is 0 Å². The number of rotatable bonds is 6. The lowest BCUT2D eigenvalue weighted by Gasteiger charge is -2.34. The maximum absolute atomic E-state index is 4.39. The number of pyridine rings is 1. The van der Waals surface area contributed by atoms with Crippen molar-refractivity contribution in [3.05, 3.63) is 23.9 Å². The number of hydrogen-bond acceptors (Lipinski definition) is 3. The topological polar surface area (TPSA) is 28.2 Å². The largest absolute Gasteiger partial charge is 0.370 e. The molecule has 0 saturated heterocycles. The van der Waals surface area contributed by atoms with Gasteiger partial charge in [-0.3, -0.25) is 4.90 Å². The fourth-order valence-corrected chi connectivity index (χ4v) is 1.56. The molecule has 0 aromatic carbocycles. The Morgan fingerprint density at radius 1 is 1.29 bits per heavy atom. The van der Waals surface area contributed by atoms with Crippen molar-refractivity contribution in [2.45, 2.75) is 46.2 Å². The molecular formula is C14H25N3. The van der Waals surface area contributed by atoms with E-state index in [-0.39, 0.29) is 5.54 Å². The third-order valence-corrected chi connectivity index (χ3v) is 3.50. The number of nitrogens with one attached hydrogen (secondary N) is 1. The Bertz CT molecular complexity index is 330. The maximum atomic E-state index is 4.39. The molecule has 17 heavy (non-hydrogen) atoms. The molecule has 0 aliphatic rings. The van der Waals surface area contributed by atoms with E-state index in [0.717, 1.165) is 25.3 Å². The van der Waals surface area contributed by atoms with Crippen molar-refractivity contribution >= 4 is 5.82 Å². The predicted octanol–water partition coefficient (Wildman–Crippen LogP) is 3.13. The van der Waals surface area contributed by atoms with E-state index in [1.54, 1.807) is 0 Å². The predicted molar refractivity (Wildman–Crippen MR) is 74.2 cm³/mol. The number of anilines is 1. The molecule has 0 aliphatic carbocycles. The second kappa shape index (κ2) is 6.01. The summed E-state index contributed by atoms with van der Waals surface area (Å²) < 4.78 is 0. The van der Waals surface area contributed by atoms with E-state index in [0.29, 0.717) is 0 Å². The molecule has 96 valence electrons. The summed E-state index contributed by atoms with van der Waals surface area (Å²) in [5.74, 6) is 0.952. The molecule has 1 N–H and O–H groups in total. The van der Waals surface area contributed by atoms with Gasteiger partial charge in [-0.1, -0.05) is 13.0 Å². The quantitative estimate of drug-likeness (QED) is 0.821. The van der Waals surface area contributed by atoms with E-state index in [2.05, 4.69) is 56.0 Å². The minimum Gasteiger partial charge on any atom is -0.370 e. The normalized spacial score (nSPS) is 11.9. The van der Waals surface area contributed by atoms with Gasteiger partial charge >= 0.3 is 0 Å². The van der Waals surface area contributed by atoms with Gasteiger partial charge in [0.15, 0.2) is 0 Å². The lowest BCUT2D eigenvalue weighted by atomic mass is 9.99. The van der Waals surface area contributed by atoms with Crippen LogP contribution in [0.3, 0.4) is 0 Å². The third-order valence-electron chi connectivity index (χ3n) is 3.50. The van der Waals surface area contributed by atoms with Crippen LogP contribution in [0.2, 0.25) is 0 Å². The van der Waals surface area contributed by atoms with Crippen LogP contribution >= 0.6 is 0 Å². The van der Waals surface area contributed by atoms with Crippen molar-refractivity contribution in [2.75, 3.05) is 18.9 Å². The summed E-state index contributed by atoms with van der Waals surface area (Å²) >= 11 is 0. The first-order chi connectivity index (χ1) is 7.99. The van der Waals surface area contributed by atoms with E-state index in [9.17, 15) is 0 Å². The van der Waals surface area contributed by atoms with E-state index in [1.165, 1.54) is 5.56 Å². The lowest BCUT2D eigenvalue weighted by Crippen LogP contribution is -2.39. The molecule has 1 aromatic rings. The maximum Gasteiger partial charge on any atom is 0.125 e. The van der Waals surface area contributed by atoms with E-state index >= 15 is 0 Å². The van der Waals surface area contributed by atoms with Crippen LogP contribution in [0.5, 0.6) is 0 Å². The second-order valence-corrected chi connectivity index (χ2v) is 5.10. The Hall–Kier alpha value is -1.09. The van der Waals surface area contributed by atoms with Crippen molar-refractivity contribution in [3.63, 3.8) is 0 Å². The van der Waals surface area contributed by atoms with Crippen molar-refractivity contribution < 1.29 is 0 Å². The highest BCUT2D eigenvalue weighted by molar-refractivity contribution is 5.35. The fraction of sp³-hybridized carbons (Fsp3) is 0.643. The molecule has 1 heterocycles. The van der Waals surface area contributed by atoms with Crippen molar-refractivity contribution in [3.8, 4) is 0 Å². The molecule has 0 unspecified atom stereocenters. The summed E-state index contributed by atoms with van der Waals surface area (Å²) in [5.41, 5.74) is 1.50. The molecule has 0 radical (unpaired) electrons. The average molecular weight is 235 g/mol. The van der Waals surface area contributed by atoms with Crippen LogP contribution in [0.1, 0.15) is 39.7 Å². The molecule has 0 spiro atoms. The van der Waals surface area contributed by atoms with Gasteiger partial charge in [0.1, 0.15) is 5.82 Å². The van der Waals surface area contributed by atoms with E-state index in [4.69, 9.17) is 0 Å². The zero-order chi connectivity index (χ0) is 12.9. The van der Waals surface area contributed by atoms with Crippen molar-refractivity contribution in [1.29, 1.82) is 0 Å². The van der Waals surface area contributed by atoms with Gasteiger partial charge in [0.05, 0.1) is 0 Å². The Balaban J connectivity index is 2.63. The summed E-state index contributed by atoms with van der Waals surface area (Å²) in [4.78, 5) is 6.76. The first-order valence-electron chi connectivity index (χ1n) is 6.39. The number of aromatic nitrogens is 1. The lowest BCUT2D eigenvalue weighted by molar-refractivity contribution is 0.143. The summed E-state index contributed by atoms with van der Waals surface area (Å²) in [5, 5.41) is 3.20.